The van der Waals surface area contributed by atoms with Gasteiger partial charge >= 0.3 is 0 Å². The van der Waals surface area contributed by atoms with Gasteiger partial charge in [0.2, 0.25) is 5.91 Å². The molecule has 2 aliphatic heterocycles. The second-order valence-electron chi connectivity index (χ2n) is 8.97. The van der Waals surface area contributed by atoms with Crippen molar-refractivity contribution in [3.8, 4) is 5.75 Å². The van der Waals surface area contributed by atoms with Crippen molar-refractivity contribution >= 4 is 26.7 Å². The average Bonchev–Trinajstić information content (AvgIpc) is 3.08. The summed E-state index contributed by atoms with van der Waals surface area (Å²) in [7, 11) is -2.13. The lowest BCUT2D eigenvalue weighted by Crippen LogP contribution is -2.43. The number of amidine groups is 1. The lowest BCUT2D eigenvalue weighted by molar-refractivity contribution is -0.126. The van der Waals surface area contributed by atoms with Gasteiger partial charge < -0.3 is 15.0 Å². The summed E-state index contributed by atoms with van der Waals surface area (Å²) < 4.78 is 35.1. The number of nitrogens with one attached hydrogen (secondary N) is 1. The van der Waals surface area contributed by atoms with E-state index in [1.165, 1.54) is 0 Å². The van der Waals surface area contributed by atoms with Gasteiger partial charge in [-0.3, -0.25) is 4.79 Å². The minimum Gasteiger partial charge on any atom is -0.497 e. The number of carbonyl (C=O) groups is 1. The van der Waals surface area contributed by atoms with Gasteiger partial charge in [0.1, 0.15) is 16.5 Å². The van der Waals surface area contributed by atoms with Crippen LogP contribution in [0.1, 0.15) is 42.0 Å². The summed E-state index contributed by atoms with van der Waals surface area (Å²) in [4.78, 5) is 15.0. The first-order valence-corrected chi connectivity index (χ1v) is 12.9. The second kappa shape index (κ2) is 9.62. The summed E-state index contributed by atoms with van der Waals surface area (Å²) in [6.45, 7) is 7.45. The number of aryl methyl sites for hydroxylation is 2. The van der Waals surface area contributed by atoms with Crippen molar-refractivity contribution in [2.45, 2.75) is 40.2 Å². The number of benzene rings is 2. The third-order valence-electron chi connectivity index (χ3n) is 6.70. The summed E-state index contributed by atoms with van der Waals surface area (Å²) in [6, 6.07) is 13.3. The average molecular weight is 482 g/mol. The van der Waals surface area contributed by atoms with Crippen molar-refractivity contribution in [1.29, 1.82) is 0 Å². The molecular weight excluding hydrogens is 450 g/mol. The zero-order valence-corrected chi connectivity index (χ0v) is 20.9. The van der Waals surface area contributed by atoms with E-state index in [2.05, 4.69) is 9.71 Å². The topological polar surface area (TPSA) is 88.1 Å². The normalized spacial score (nSPS) is 18.1. The number of rotatable bonds is 5. The Morgan fingerprint density at radius 2 is 1.74 bits per heavy atom. The Hall–Kier alpha value is -3.13. The maximum atomic E-state index is 12.9. The van der Waals surface area contributed by atoms with Gasteiger partial charge in [0.15, 0.2) is 0 Å². The fourth-order valence-electron chi connectivity index (χ4n) is 4.50. The summed E-state index contributed by atoms with van der Waals surface area (Å²) in [5.74, 6) is 1.21. The summed E-state index contributed by atoms with van der Waals surface area (Å²) in [5.41, 5.74) is 4.52. The van der Waals surface area contributed by atoms with Gasteiger partial charge in [0, 0.05) is 31.1 Å². The van der Waals surface area contributed by atoms with Crippen LogP contribution in [0.2, 0.25) is 0 Å². The van der Waals surface area contributed by atoms with Crippen LogP contribution in [0.5, 0.6) is 5.75 Å². The van der Waals surface area contributed by atoms with Crippen molar-refractivity contribution in [2.24, 2.45) is 10.3 Å². The molecule has 2 aromatic carbocycles. The highest BCUT2D eigenvalue weighted by Crippen LogP contribution is 2.35. The van der Waals surface area contributed by atoms with Crippen LogP contribution in [0, 0.1) is 19.8 Å². The molecule has 0 saturated carbocycles. The molecule has 0 aliphatic carbocycles. The van der Waals surface area contributed by atoms with Crippen molar-refractivity contribution in [2.75, 3.05) is 20.2 Å². The monoisotopic (exact) mass is 481 g/mol. The minimum absolute atomic E-state index is 0.0273. The zero-order valence-electron chi connectivity index (χ0n) is 20.1. The molecule has 4 rings (SSSR count). The molecule has 0 radical (unpaired) electrons. The standard InChI is InChI=1S/C26H31N3O4S/c1-17-5-8-22(15-18(17)2)24-19(3)25(28-34(24,31)32)29-13-11-21(12-14-29)26(30)27-16-20-6-9-23(33-4)10-7-20/h5-10,15,21H,11-14,16H2,1-4H3,(H,27,30). The quantitative estimate of drug-likeness (QED) is 0.702. The van der Waals surface area contributed by atoms with Gasteiger partial charge in [0.25, 0.3) is 10.0 Å². The van der Waals surface area contributed by atoms with E-state index in [1.807, 2.05) is 68.1 Å². The number of ether oxygens (including phenoxy) is 1. The maximum Gasteiger partial charge on any atom is 0.285 e. The van der Waals surface area contributed by atoms with E-state index >= 15 is 0 Å². The number of likely N-dealkylation sites (tertiary alicyclic amines) is 1. The van der Waals surface area contributed by atoms with Crippen LogP contribution in [-0.4, -0.2) is 45.3 Å². The van der Waals surface area contributed by atoms with E-state index in [1.54, 1.807) is 7.11 Å². The SMILES string of the molecule is COc1ccc(CNC(=O)C2CCN(C3=NS(=O)(=O)C(c4ccc(C)c(C)c4)=C3C)CC2)cc1. The van der Waals surface area contributed by atoms with E-state index in [4.69, 9.17) is 4.74 Å². The molecular formula is C26H31N3O4S. The van der Waals surface area contributed by atoms with Crippen LogP contribution in [0.4, 0.5) is 0 Å². The third-order valence-corrected chi connectivity index (χ3v) is 8.17. The van der Waals surface area contributed by atoms with Crippen molar-refractivity contribution in [3.63, 3.8) is 0 Å². The number of hydrogen-bond acceptors (Lipinski definition) is 5. The van der Waals surface area contributed by atoms with Crippen LogP contribution < -0.4 is 10.1 Å². The highest BCUT2D eigenvalue weighted by molar-refractivity contribution is 8.00. The van der Waals surface area contributed by atoms with Gasteiger partial charge in [-0.1, -0.05) is 30.3 Å². The molecule has 1 amide bonds. The maximum absolute atomic E-state index is 12.9. The number of piperidine rings is 1. The van der Waals surface area contributed by atoms with Crippen LogP contribution in [0.3, 0.4) is 0 Å². The third kappa shape index (κ3) is 4.87. The number of nitrogens with zero attached hydrogens (tertiary/aromatic N) is 2. The molecule has 34 heavy (non-hydrogen) atoms. The first-order valence-electron chi connectivity index (χ1n) is 11.5. The molecule has 2 aromatic rings. The van der Waals surface area contributed by atoms with Gasteiger partial charge in [0.05, 0.1) is 7.11 Å². The Morgan fingerprint density at radius 3 is 2.35 bits per heavy atom. The number of amides is 1. The van der Waals surface area contributed by atoms with Crippen molar-refractivity contribution in [1.82, 2.24) is 10.2 Å². The van der Waals surface area contributed by atoms with E-state index in [9.17, 15) is 13.2 Å². The molecule has 1 N–H and O–H groups in total. The summed E-state index contributed by atoms with van der Waals surface area (Å²) >= 11 is 0. The first kappa shape index (κ1) is 24.0. The molecule has 0 spiro atoms. The van der Waals surface area contributed by atoms with E-state index in [0.29, 0.717) is 49.4 Å². The molecule has 0 unspecified atom stereocenters. The van der Waals surface area contributed by atoms with Crippen LogP contribution in [0.15, 0.2) is 52.4 Å². The van der Waals surface area contributed by atoms with E-state index in [-0.39, 0.29) is 16.7 Å². The Morgan fingerprint density at radius 1 is 1.06 bits per heavy atom. The van der Waals surface area contributed by atoms with Crippen molar-refractivity contribution < 1.29 is 17.9 Å². The summed E-state index contributed by atoms with van der Waals surface area (Å²) in [5, 5.41) is 3.02. The molecule has 0 atom stereocenters. The lowest BCUT2D eigenvalue weighted by Gasteiger charge is -2.32. The Balaban J connectivity index is 1.39. The fraction of sp³-hybridized carbons (Fsp3) is 0.385. The Bertz CT molecular complexity index is 1260. The van der Waals surface area contributed by atoms with Gasteiger partial charge in [-0.15, -0.1) is 4.40 Å². The molecule has 2 heterocycles. The van der Waals surface area contributed by atoms with E-state index < -0.39 is 10.0 Å². The first-order chi connectivity index (χ1) is 16.2. The largest absolute Gasteiger partial charge is 0.497 e. The molecule has 2 aliphatic rings. The predicted molar refractivity (Wildman–Crippen MR) is 134 cm³/mol. The molecule has 0 bridgehead atoms. The number of carbonyl (C=O) groups excluding carboxylic acids is 1. The lowest BCUT2D eigenvalue weighted by atomic mass is 9.95. The van der Waals surface area contributed by atoms with Crippen molar-refractivity contribution in [3.05, 3.63) is 70.3 Å². The van der Waals surface area contributed by atoms with Gasteiger partial charge in [-0.25, -0.2) is 0 Å². The van der Waals surface area contributed by atoms with E-state index in [0.717, 1.165) is 22.4 Å². The molecule has 1 fully saturated rings. The highest BCUT2D eigenvalue weighted by Gasteiger charge is 2.35. The van der Waals surface area contributed by atoms with Gasteiger partial charge in [-0.05, 0) is 68.0 Å². The zero-order chi connectivity index (χ0) is 24.5. The minimum atomic E-state index is -3.75. The van der Waals surface area contributed by atoms with Crippen LogP contribution in [-0.2, 0) is 21.4 Å². The number of hydrogen-bond donors (Lipinski definition) is 1. The Labute approximate surface area is 201 Å². The predicted octanol–water partition coefficient (Wildman–Crippen LogP) is 3.81. The Kier molecular flexibility index (Phi) is 6.79. The number of sulfonamides is 1. The molecule has 8 heteroatoms. The highest BCUT2D eigenvalue weighted by atomic mass is 32.2. The number of methoxy groups -OCH3 is 1. The van der Waals surface area contributed by atoms with Crippen LogP contribution >= 0.6 is 0 Å². The molecule has 1 saturated heterocycles. The molecule has 7 nitrogen and oxygen atoms in total. The van der Waals surface area contributed by atoms with Gasteiger partial charge in [-0.2, -0.15) is 8.42 Å². The second-order valence-corrected chi connectivity index (χ2v) is 10.5. The smallest absolute Gasteiger partial charge is 0.285 e. The molecule has 180 valence electrons. The van der Waals surface area contributed by atoms with Crippen LogP contribution in [0.25, 0.3) is 4.91 Å². The fourth-order valence-corrected chi connectivity index (χ4v) is 5.97. The summed E-state index contributed by atoms with van der Waals surface area (Å²) in [6.07, 6.45) is 1.31. The molecule has 0 aromatic heterocycles.